The molecule has 1 aromatic carbocycles. The van der Waals surface area contributed by atoms with Crippen molar-refractivity contribution < 1.29 is 8.42 Å². The molecule has 0 saturated carbocycles. The van der Waals surface area contributed by atoms with E-state index in [1.807, 2.05) is 31.4 Å². The van der Waals surface area contributed by atoms with E-state index in [9.17, 15) is 8.42 Å². The zero-order valence-corrected chi connectivity index (χ0v) is 14.1. The van der Waals surface area contributed by atoms with Crippen molar-refractivity contribution in [2.45, 2.75) is 24.8 Å². The zero-order valence-electron chi connectivity index (χ0n) is 11.7. The highest BCUT2D eigenvalue weighted by Gasteiger charge is 2.25. The Morgan fingerprint density at radius 3 is 2.52 bits per heavy atom. The van der Waals surface area contributed by atoms with Gasteiger partial charge >= 0.3 is 0 Å². The van der Waals surface area contributed by atoms with E-state index in [2.05, 4.69) is 4.72 Å². The molecule has 2 aromatic rings. The third-order valence-electron chi connectivity index (χ3n) is 3.08. The molecule has 0 aliphatic carbocycles. The summed E-state index contributed by atoms with van der Waals surface area (Å²) in [6, 6.07) is 7.87. The Balaban J connectivity index is 2.32. The van der Waals surface area contributed by atoms with Crippen LogP contribution in [0.2, 0.25) is 5.02 Å². The molecule has 21 heavy (non-hydrogen) atoms. The molecule has 2 rings (SSSR count). The molecule has 1 atom stereocenters. The second-order valence-electron chi connectivity index (χ2n) is 5.04. The highest BCUT2D eigenvalue weighted by molar-refractivity contribution is 7.89. The van der Waals surface area contributed by atoms with Crippen molar-refractivity contribution >= 4 is 38.6 Å². The van der Waals surface area contributed by atoms with Crippen molar-refractivity contribution in [1.29, 1.82) is 0 Å². The van der Waals surface area contributed by atoms with Gasteiger partial charge in [-0.25, -0.2) is 13.1 Å². The Kier molecular flexibility index (Phi) is 4.93. The molecule has 7 heteroatoms. The predicted molar refractivity (Wildman–Crippen MR) is 88.1 cm³/mol. The lowest BCUT2D eigenvalue weighted by Crippen LogP contribution is -2.31. The van der Waals surface area contributed by atoms with Crippen molar-refractivity contribution in [3.05, 3.63) is 45.6 Å². The van der Waals surface area contributed by atoms with Crippen molar-refractivity contribution in [2.24, 2.45) is 5.92 Å². The van der Waals surface area contributed by atoms with E-state index >= 15 is 0 Å². The minimum absolute atomic E-state index is 0.115. The van der Waals surface area contributed by atoms with Crippen molar-refractivity contribution in [3.8, 4) is 0 Å². The molecule has 4 nitrogen and oxygen atoms in total. The predicted octanol–water partition coefficient (Wildman–Crippen LogP) is 3.66. The number of sulfonamides is 1. The molecule has 0 radical (unpaired) electrons. The van der Waals surface area contributed by atoms with E-state index in [0.29, 0.717) is 5.69 Å². The van der Waals surface area contributed by atoms with Crippen LogP contribution in [0.25, 0.3) is 0 Å². The van der Waals surface area contributed by atoms with Crippen LogP contribution in [-0.2, 0) is 10.0 Å². The van der Waals surface area contributed by atoms with Gasteiger partial charge in [-0.2, -0.15) is 0 Å². The molecule has 0 amide bonds. The van der Waals surface area contributed by atoms with Crippen LogP contribution in [0, 0.1) is 5.92 Å². The fraction of sp³-hybridized carbons (Fsp3) is 0.286. The number of hydrogen-bond acceptors (Lipinski definition) is 4. The Bertz CT molecular complexity index is 713. The van der Waals surface area contributed by atoms with E-state index in [1.54, 1.807) is 0 Å². The first-order valence-corrected chi connectivity index (χ1v) is 9.16. The molecule has 1 unspecified atom stereocenters. The Morgan fingerprint density at radius 1 is 1.29 bits per heavy atom. The molecule has 1 heterocycles. The summed E-state index contributed by atoms with van der Waals surface area (Å²) in [5.74, 6) is 0.127. The van der Waals surface area contributed by atoms with Crippen molar-refractivity contribution in [2.75, 3.05) is 5.73 Å². The maximum absolute atomic E-state index is 12.5. The summed E-state index contributed by atoms with van der Waals surface area (Å²) in [5.41, 5.74) is 5.97. The maximum Gasteiger partial charge on any atom is 0.241 e. The highest BCUT2D eigenvalue weighted by atomic mass is 35.5. The fourth-order valence-corrected chi connectivity index (χ4v) is 4.56. The summed E-state index contributed by atoms with van der Waals surface area (Å²) in [6.07, 6.45) is 0. The molecule has 0 aliphatic heterocycles. The largest absolute Gasteiger partial charge is 0.398 e. The summed E-state index contributed by atoms with van der Waals surface area (Å²) >= 11 is 7.43. The van der Waals surface area contributed by atoms with E-state index in [0.717, 1.165) is 4.88 Å². The van der Waals surface area contributed by atoms with Crippen LogP contribution in [0.4, 0.5) is 5.69 Å². The average Bonchev–Trinajstić information content (AvgIpc) is 2.92. The molecule has 0 aliphatic rings. The van der Waals surface area contributed by atoms with E-state index in [-0.39, 0.29) is 21.9 Å². The lowest BCUT2D eigenvalue weighted by molar-refractivity contribution is 0.469. The maximum atomic E-state index is 12.5. The monoisotopic (exact) mass is 344 g/mol. The highest BCUT2D eigenvalue weighted by Crippen LogP contribution is 2.29. The summed E-state index contributed by atoms with van der Waals surface area (Å²) < 4.78 is 27.7. The fourth-order valence-electron chi connectivity index (χ4n) is 1.90. The molecule has 0 spiro atoms. The lowest BCUT2D eigenvalue weighted by Gasteiger charge is -2.21. The first-order valence-electron chi connectivity index (χ1n) is 6.42. The number of anilines is 1. The quantitative estimate of drug-likeness (QED) is 0.813. The molecule has 0 fully saturated rings. The summed E-state index contributed by atoms with van der Waals surface area (Å²) in [5, 5.41) is 2.16. The van der Waals surface area contributed by atoms with Crippen LogP contribution in [0.1, 0.15) is 24.8 Å². The number of halogens is 1. The van der Waals surface area contributed by atoms with Crippen LogP contribution in [0.3, 0.4) is 0 Å². The number of nitrogens with two attached hydrogens (primary N) is 1. The SMILES string of the molecule is CC(C)C(NS(=O)(=O)c1ccc(N)c(Cl)c1)c1cccs1. The van der Waals surface area contributed by atoms with Crippen LogP contribution in [0.15, 0.2) is 40.6 Å². The van der Waals surface area contributed by atoms with Crippen LogP contribution in [-0.4, -0.2) is 8.42 Å². The first-order chi connectivity index (χ1) is 9.81. The van der Waals surface area contributed by atoms with Gasteiger partial charge in [-0.3, -0.25) is 0 Å². The number of thiophene rings is 1. The lowest BCUT2D eigenvalue weighted by atomic mass is 10.0. The standard InChI is InChI=1S/C14H17ClN2O2S2/c1-9(2)14(13-4-3-7-20-13)17-21(18,19)10-5-6-12(16)11(15)8-10/h3-9,14,17H,16H2,1-2H3. The molecule has 0 saturated heterocycles. The minimum Gasteiger partial charge on any atom is -0.398 e. The van der Waals surface area contributed by atoms with Gasteiger partial charge in [0.05, 0.1) is 21.6 Å². The second-order valence-corrected chi connectivity index (χ2v) is 8.14. The number of benzene rings is 1. The number of nitrogens with one attached hydrogen (secondary N) is 1. The molecule has 1 aromatic heterocycles. The average molecular weight is 345 g/mol. The molecule has 3 N–H and O–H groups in total. The molecular weight excluding hydrogens is 328 g/mol. The second kappa shape index (κ2) is 6.36. The van der Waals surface area contributed by atoms with Crippen LogP contribution < -0.4 is 10.5 Å². The van der Waals surface area contributed by atoms with Gasteiger partial charge in [0.2, 0.25) is 10.0 Å². The van der Waals surface area contributed by atoms with Crippen LogP contribution in [0.5, 0.6) is 0 Å². The van der Waals surface area contributed by atoms with Crippen LogP contribution >= 0.6 is 22.9 Å². The minimum atomic E-state index is -3.65. The van der Waals surface area contributed by atoms with Gasteiger partial charge in [0.25, 0.3) is 0 Å². The Hall–Kier alpha value is -1.08. The number of rotatable bonds is 5. The Labute approximate surface area is 134 Å². The summed E-state index contributed by atoms with van der Waals surface area (Å²) in [6.45, 7) is 3.95. The molecular formula is C14H17ClN2O2S2. The number of hydrogen-bond donors (Lipinski definition) is 2. The normalized spacial score (nSPS) is 13.5. The Morgan fingerprint density at radius 2 is 2.00 bits per heavy atom. The molecule has 114 valence electrons. The smallest absolute Gasteiger partial charge is 0.241 e. The van der Waals surface area contributed by atoms with Crippen molar-refractivity contribution in [3.63, 3.8) is 0 Å². The van der Waals surface area contributed by atoms with Gasteiger partial charge in [0.1, 0.15) is 0 Å². The summed E-state index contributed by atoms with van der Waals surface area (Å²) in [4.78, 5) is 1.10. The van der Waals surface area contributed by atoms with Gasteiger partial charge in [0, 0.05) is 4.88 Å². The van der Waals surface area contributed by atoms with Gasteiger partial charge in [0.15, 0.2) is 0 Å². The van der Waals surface area contributed by atoms with E-state index < -0.39 is 10.0 Å². The third-order valence-corrected chi connectivity index (χ3v) is 5.80. The molecule has 0 bridgehead atoms. The van der Waals surface area contributed by atoms with Gasteiger partial charge in [-0.1, -0.05) is 31.5 Å². The van der Waals surface area contributed by atoms with E-state index in [4.69, 9.17) is 17.3 Å². The van der Waals surface area contributed by atoms with Gasteiger partial charge < -0.3 is 5.73 Å². The third kappa shape index (κ3) is 3.77. The number of nitrogen functional groups attached to an aromatic ring is 1. The summed E-state index contributed by atoms with van der Waals surface area (Å²) in [7, 11) is -3.65. The van der Waals surface area contributed by atoms with E-state index in [1.165, 1.54) is 29.5 Å². The zero-order chi connectivity index (χ0) is 15.6. The van der Waals surface area contributed by atoms with Crippen molar-refractivity contribution in [1.82, 2.24) is 4.72 Å². The van der Waals surface area contributed by atoms with Gasteiger partial charge in [-0.05, 0) is 35.6 Å². The topological polar surface area (TPSA) is 72.2 Å². The first kappa shape index (κ1) is 16.3. The van der Waals surface area contributed by atoms with Gasteiger partial charge in [-0.15, -0.1) is 11.3 Å².